The SMILES string of the molecule is CCOC(=O)CCCCS(=O)(=O)NC(=O)c1nc(N(C)c2cc(C)c(Nc3nc4ccccc4s3)nn2)ccc1-c1cnn(CC23CC4CC(CC(C4)C2)C3)c1C. The molecule has 4 heterocycles. The van der Waals surface area contributed by atoms with Crippen LogP contribution in [-0.2, 0) is 26.1 Å². The highest BCUT2D eigenvalue weighted by Gasteiger charge is 2.51. The summed E-state index contributed by atoms with van der Waals surface area (Å²) in [6, 6.07) is 13.3. The summed E-state index contributed by atoms with van der Waals surface area (Å²) in [5.74, 6) is 2.26. The Morgan fingerprint density at radius 3 is 2.40 bits per heavy atom. The number of unbranched alkanes of at least 4 members (excludes halogenated alkanes) is 1. The molecule has 4 aliphatic carbocycles. The van der Waals surface area contributed by atoms with Crippen molar-refractivity contribution < 1.29 is 22.7 Å². The number of rotatable bonds is 15. The van der Waals surface area contributed by atoms with Gasteiger partial charge in [0.1, 0.15) is 11.5 Å². The number of carbonyl (C=O) groups excluding carboxylic acids is 2. The van der Waals surface area contributed by atoms with Crippen molar-refractivity contribution in [3.63, 3.8) is 0 Å². The van der Waals surface area contributed by atoms with E-state index in [1.54, 1.807) is 37.2 Å². The van der Waals surface area contributed by atoms with E-state index in [0.717, 1.165) is 51.3 Å². The molecule has 0 radical (unpaired) electrons. The van der Waals surface area contributed by atoms with Crippen molar-refractivity contribution in [1.82, 2.24) is 34.7 Å². The molecule has 0 saturated heterocycles. The second-order valence-electron chi connectivity index (χ2n) is 16.2. The predicted octanol–water partition coefficient (Wildman–Crippen LogP) is 7.48. The number of fused-ring (bicyclic) bond motifs is 1. The number of thiazole rings is 1. The molecule has 5 aromatic rings. The average molecular weight is 812 g/mol. The van der Waals surface area contributed by atoms with Crippen molar-refractivity contribution in [1.29, 1.82) is 0 Å². The first-order valence-electron chi connectivity index (χ1n) is 19.8. The van der Waals surface area contributed by atoms with E-state index in [9.17, 15) is 18.0 Å². The van der Waals surface area contributed by atoms with Gasteiger partial charge in [-0.2, -0.15) is 5.10 Å². The summed E-state index contributed by atoms with van der Waals surface area (Å²) in [6.45, 7) is 6.74. The molecule has 0 spiro atoms. The second-order valence-corrected chi connectivity index (χ2v) is 19.1. The normalized spacial score (nSPS) is 21.2. The molecular formula is C41H49N9O5S2. The lowest BCUT2D eigenvalue weighted by atomic mass is 9.49. The molecule has 300 valence electrons. The van der Waals surface area contributed by atoms with E-state index in [1.807, 2.05) is 44.2 Å². The molecule has 2 N–H and O–H groups in total. The van der Waals surface area contributed by atoms with Crippen LogP contribution < -0.4 is 14.9 Å². The molecule has 1 aromatic carbocycles. The molecule has 4 fully saturated rings. The van der Waals surface area contributed by atoms with Crippen molar-refractivity contribution >= 4 is 66.0 Å². The first kappa shape index (κ1) is 38.9. The fraction of sp³-hybridized carbons (Fsp3) is 0.488. The maximum Gasteiger partial charge on any atom is 0.305 e. The Hall–Kier alpha value is -4.96. The van der Waals surface area contributed by atoms with Gasteiger partial charge in [0.2, 0.25) is 10.0 Å². The van der Waals surface area contributed by atoms with Gasteiger partial charge in [0.25, 0.3) is 5.91 Å². The summed E-state index contributed by atoms with van der Waals surface area (Å²) in [4.78, 5) is 36.9. The number of carbonyl (C=O) groups is 2. The zero-order valence-corrected chi connectivity index (χ0v) is 34.5. The van der Waals surface area contributed by atoms with E-state index in [-0.39, 0.29) is 42.3 Å². The summed E-state index contributed by atoms with van der Waals surface area (Å²) < 4.78 is 36.8. The average Bonchev–Trinajstić information content (AvgIpc) is 3.74. The van der Waals surface area contributed by atoms with Crippen LogP contribution in [0.25, 0.3) is 21.3 Å². The number of hydrogen-bond acceptors (Lipinski definition) is 13. The van der Waals surface area contributed by atoms with Gasteiger partial charge in [-0.05, 0) is 131 Å². The molecule has 57 heavy (non-hydrogen) atoms. The predicted molar refractivity (Wildman–Crippen MR) is 220 cm³/mol. The van der Waals surface area contributed by atoms with Crippen LogP contribution in [0.5, 0.6) is 0 Å². The molecule has 0 unspecified atom stereocenters. The molecule has 0 aliphatic heterocycles. The summed E-state index contributed by atoms with van der Waals surface area (Å²) in [7, 11) is -2.30. The molecule has 9 rings (SSSR count). The number of sulfonamides is 1. The molecular weight excluding hydrogens is 763 g/mol. The number of benzene rings is 1. The van der Waals surface area contributed by atoms with Crippen LogP contribution >= 0.6 is 11.3 Å². The van der Waals surface area contributed by atoms with Gasteiger partial charge in [-0.15, -0.1) is 10.2 Å². The summed E-state index contributed by atoms with van der Waals surface area (Å²) in [6.07, 6.45) is 10.2. The van der Waals surface area contributed by atoms with Crippen molar-refractivity contribution in [2.75, 3.05) is 29.6 Å². The third-order valence-electron chi connectivity index (χ3n) is 11.9. The van der Waals surface area contributed by atoms with Gasteiger partial charge in [0.15, 0.2) is 16.8 Å². The fourth-order valence-corrected chi connectivity index (χ4v) is 11.6. The Morgan fingerprint density at radius 2 is 1.70 bits per heavy atom. The Bertz CT molecular complexity index is 2360. The standard InChI is InChI=1S/C41H49N9O5S2/c1-5-55-36(51)12-8-9-15-57(53,54)48-39(52)37-30(31-23-42-50(26(31)3)24-41-20-27-17-28(21-41)19-29(18-27)22-41)13-14-34(44-37)49(4)35-16-25(2)38(47-46-35)45-40-43-32-10-6-7-11-33(32)56-40/h6-7,10-11,13-14,16,23,27-29H,5,8-9,12,15,17-22,24H2,1-4H3,(H,48,52)(H,43,45,47). The molecule has 4 aromatic heterocycles. The van der Waals surface area contributed by atoms with Crippen molar-refractivity contribution in [2.24, 2.45) is 23.2 Å². The maximum absolute atomic E-state index is 14.0. The molecule has 16 heteroatoms. The minimum atomic E-state index is -4.06. The number of aryl methyl sites for hydroxylation is 1. The van der Waals surface area contributed by atoms with Gasteiger partial charge < -0.3 is 15.0 Å². The van der Waals surface area contributed by atoms with Crippen LogP contribution in [0, 0.1) is 37.0 Å². The van der Waals surface area contributed by atoms with E-state index < -0.39 is 15.9 Å². The zero-order chi connectivity index (χ0) is 39.9. The lowest BCUT2D eigenvalue weighted by Gasteiger charge is -2.56. The van der Waals surface area contributed by atoms with E-state index in [0.29, 0.717) is 34.6 Å². The molecule has 4 saturated carbocycles. The van der Waals surface area contributed by atoms with E-state index >= 15 is 0 Å². The molecule has 4 aliphatic rings. The lowest BCUT2D eigenvalue weighted by molar-refractivity contribution is -0.143. The molecule has 4 bridgehead atoms. The number of amides is 1. The first-order chi connectivity index (χ1) is 27.4. The number of ether oxygens (including phenoxy) is 1. The van der Waals surface area contributed by atoms with Crippen molar-refractivity contribution in [3.05, 3.63) is 65.6 Å². The smallest absolute Gasteiger partial charge is 0.305 e. The van der Waals surface area contributed by atoms with Crippen LogP contribution in [0.1, 0.15) is 86.5 Å². The summed E-state index contributed by atoms with van der Waals surface area (Å²) >= 11 is 1.52. The van der Waals surface area contributed by atoms with Gasteiger partial charge in [0.05, 0.1) is 28.8 Å². The van der Waals surface area contributed by atoms with Crippen LogP contribution in [0.2, 0.25) is 0 Å². The Labute approximate surface area is 336 Å². The first-order valence-corrected chi connectivity index (χ1v) is 22.3. The second kappa shape index (κ2) is 15.8. The lowest BCUT2D eigenvalue weighted by Crippen LogP contribution is -2.48. The number of hydrogen-bond donors (Lipinski definition) is 2. The largest absolute Gasteiger partial charge is 0.466 e. The number of para-hydroxylation sites is 1. The topological polar surface area (TPSA) is 174 Å². The quantitative estimate of drug-likeness (QED) is 0.0789. The highest BCUT2D eigenvalue weighted by molar-refractivity contribution is 7.90. The number of aromatic nitrogens is 6. The van der Waals surface area contributed by atoms with Gasteiger partial charge >= 0.3 is 5.97 Å². The Kier molecular flexibility index (Phi) is 10.8. The minimum absolute atomic E-state index is 0.0503. The summed E-state index contributed by atoms with van der Waals surface area (Å²) in [5, 5.41) is 17.7. The fourth-order valence-electron chi connectivity index (χ4n) is 9.64. The maximum atomic E-state index is 14.0. The van der Waals surface area contributed by atoms with Gasteiger partial charge in [-0.25, -0.2) is 23.1 Å². The number of nitrogens with one attached hydrogen (secondary N) is 2. The zero-order valence-electron chi connectivity index (χ0n) is 32.8. The highest BCUT2D eigenvalue weighted by Crippen LogP contribution is 2.60. The van der Waals surface area contributed by atoms with Crippen LogP contribution in [0.4, 0.5) is 22.6 Å². The highest BCUT2D eigenvalue weighted by atomic mass is 32.2. The van der Waals surface area contributed by atoms with Crippen molar-refractivity contribution in [3.8, 4) is 11.1 Å². The number of anilines is 4. The Morgan fingerprint density at radius 1 is 0.965 bits per heavy atom. The van der Waals surface area contributed by atoms with Crippen LogP contribution in [-0.4, -0.2) is 69.6 Å². The summed E-state index contributed by atoms with van der Waals surface area (Å²) in [5.41, 5.74) is 4.01. The van der Waals surface area contributed by atoms with E-state index in [4.69, 9.17) is 14.8 Å². The van der Waals surface area contributed by atoms with Gasteiger partial charge in [-0.1, -0.05) is 23.5 Å². The van der Waals surface area contributed by atoms with Gasteiger partial charge in [0, 0.05) is 36.8 Å². The van der Waals surface area contributed by atoms with E-state index in [1.165, 1.54) is 49.9 Å². The van der Waals surface area contributed by atoms with Crippen molar-refractivity contribution in [2.45, 2.75) is 85.1 Å². The minimum Gasteiger partial charge on any atom is -0.466 e. The van der Waals surface area contributed by atoms with Gasteiger partial charge in [-0.3, -0.25) is 14.3 Å². The molecule has 14 nitrogen and oxygen atoms in total. The monoisotopic (exact) mass is 811 g/mol. The van der Waals surface area contributed by atoms with Crippen LogP contribution in [0.3, 0.4) is 0 Å². The number of esters is 1. The number of nitrogens with zero attached hydrogens (tertiary/aromatic N) is 7. The van der Waals surface area contributed by atoms with Crippen LogP contribution in [0.15, 0.2) is 48.7 Å². The number of pyridine rings is 1. The Balaban J connectivity index is 1.05. The molecule has 0 atom stereocenters. The molecule has 1 amide bonds. The third kappa shape index (κ3) is 8.38. The van der Waals surface area contributed by atoms with E-state index in [2.05, 4.69) is 29.9 Å². The third-order valence-corrected chi connectivity index (χ3v) is 14.2.